The number of aromatic amines is 1. The monoisotopic (exact) mass is 518 g/mol. The summed E-state index contributed by atoms with van der Waals surface area (Å²) in [5, 5.41) is 9.68. The summed E-state index contributed by atoms with van der Waals surface area (Å²) < 4.78 is 0. The maximum Gasteiger partial charge on any atom is 0.151 e. The average Bonchev–Trinajstić information content (AvgIpc) is 3.54. The molecule has 3 aliphatic rings. The molecule has 2 aliphatic carbocycles. The van der Waals surface area contributed by atoms with Gasteiger partial charge in [0.25, 0.3) is 0 Å². The first-order valence-corrected chi connectivity index (χ1v) is 14.3. The number of piperazine rings is 1. The maximum atomic E-state index is 5.83. The Kier molecular flexibility index (Phi) is 7.84. The van der Waals surface area contributed by atoms with Gasteiger partial charge in [-0.15, -0.1) is 0 Å². The summed E-state index contributed by atoms with van der Waals surface area (Å²) in [5.74, 6) is 0.894. The molecule has 0 atom stereocenters. The molecule has 2 heterocycles. The number of hydrogen-bond acceptors (Lipinski definition) is 5. The van der Waals surface area contributed by atoms with Crippen LogP contribution in [0.25, 0.3) is 16.3 Å². The van der Waals surface area contributed by atoms with Crippen molar-refractivity contribution in [3.63, 3.8) is 0 Å². The number of nitrogens with one attached hydrogen (secondary N) is 1. The number of benzene rings is 3. The second kappa shape index (κ2) is 12.0. The van der Waals surface area contributed by atoms with Gasteiger partial charge >= 0.3 is 0 Å². The number of rotatable bonds is 5. The Morgan fingerprint density at radius 3 is 2.56 bits per heavy atom. The molecule has 200 valence electrons. The first kappa shape index (κ1) is 25.5. The summed E-state index contributed by atoms with van der Waals surface area (Å²) >= 11 is 0. The lowest BCUT2D eigenvalue weighted by molar-refractivity contribution is 0.259. The van der Waals surface area contributed by atoms with E-state index >= 15 is 0 Å². The van der Waals surface area contributed by atoms with Gasteiger partial charge in [0.05, 0.1) is 0 Å². The number of nitrogens with two attached hydrogens (primary N) is 1. The van der Waals surface area contributed by atoms with Gasteiger partial charge in [0.2, 0.25) is 0 Å². The Morgan fingerprint density at radius 2 is 1.72 bits per heavy atom. The van der Waals surface area contributed by atoms with Crippen molar-refractivity contribution in [1.29, 1.82) is 0 Å². The van der Waals surface area contributed by atoms with Crippen molar-refractivity contribution in [2.24, 2.45) is 5.73 Å². The Balaban J connectivity index is 0.000000143. The average molecular weight is 519 g/mol. The lowest BCUT2D eigenvalue weighted by Crippen LogP contribution is -2.47. The molecule has 3 N–H and O–H groups in total. The van der Waals surface area contributed by atoms with Gasteiger partial charge < -0.3 is 10.6 Å². The van der Waals surface area contributed by atoms with E-state index in [0.717, 1.165) is 45.0 Å². The number of hydrogen-bond donors (Lipinski definition) is 2. The van der Waals surface area contributed by atoms with Crippen LogP contribution in [0.4, 0.5) is 5.69 Å². The molecule has 4 aromatic rings. The van der Waals surface area contributed by atoms with Gasteiger partial charge in [-0.25, -0.2) is 4.98 Å². The Bertz CT molecular complexity index is 1460. The molecule has 6 nitrogen and oxygen atoms in total. The number of H-pyrrole nitrogens is 1. The molecule has 0 amide bonds. The first-order valence-electron chi connectivity index (χ1n) is 14.3. The number of para-hydroxylation sites is 1. The highest BCUT2D eigenvalue weighted by Gasteiger charge is 2.21. The zero-order valence-electron chi connectivity index (χ0n) is 22.6. The van der Waals surface area contributed by atoms with E-state index in [1.807, 2.05) is 0 Å². The number of allylic oxidation sites excluding steroid dienone is 4. The Hall–Kier alpha value is -3.74. The predicted octanol–water partition coefficient (Wildman–Crippen LogP) is 5.52. The van der Waals surface area contributed by atoms with Crippen LogP contribution in [0, 0.1) is 0 Å². The second-order valence-electron chi connectivity index (χ2n) is 10.6. The molecule has 1 aliphatic heterocycles. The third-order valence-corrected chi connectivity index (χ3v) is 8.33. The highest BCUT2D eigenvalue weighted by Crippen LogP contribution is 2.39. The van der Waals surface area contributed by atoms with Crippen molar-refractivity contribution < 1.29 is 0 Å². The second-order valence-corrected chi connectivity index (χ2v) is 10.6. The molecule has 0 unspecified atom stereocenters. The third-order valence-electron chi connectivity index (χ3n) is 8.33. The number of aryl methyl sites for hydroxylation is 1. The van der Waals surface area contributed by atoms with Crippen molar-refractivity contribution in [1.82, 2.24) is 20.1 Å². The summed E-state index contributed by atoms with van der Waals surface area (Å²) in [5.41, 5.74) is 14.6. The topological polar surface area (TPSA) is 74.1 Å². The van der Waals surface area contributed by atoms with Gasteiger partial charge in [-0.2, -0.15) is 5.10 Å². The minimum Gasteiger partial charge on any atom is -0.369 e. The molecule has 6 heteroatoms. The van der Waals surface area contributed by atoms with Gasteiger partial charge in [0, 0.05) is 51.4 Å². The molecule has 39 heavy (non-hydrogen) atoms. The van der Waals surface area contributed by atoms with Gasteiger partial charge in [-0.05, 0) is 64.8 Å². The molecule has 7 rings (SSSR count). The SMILES string of the molecule is C1=CC2=C(CC1)CCc1c2ccc2ccccc12.NCc1ccccc1N1CCN(CCc2nc[nH]n2)CC1. The normalized spacial score (nSPS) is 17.0. The van der Waals surface area contributed by atoms with Crippen LogP contribution in [0.1, 0.15) is 41.8 Å². The Morgan fingerprint density at radius 1 is 0.872 bits per heavy atom. The highest BCUT2D eigenvalue weighted by molar-refractivity contribution is 5.93. The van der Waals surface area contributed by atoms with Gasteiger partial charge in [-0.1, -0.05) is 72.3 Å². The quantitative estimate of drug-likeness (QED) is 0.364. The summed E-state index contributed by atoms with van der Waals surface area (Å²) in [7, 11) is 0. The number of aromatic nitrogens is 3. The standard InChI is InChI=1S/C18H16.C15H22N6/c1-3-7-15-13(5-1)9-11-18-16-8-4-2-6-14(16)10-12-17(15)18;16-11-13-3-1-2-4-14(13)21-9-7-20(8-10-21)6-5-15-17-12-18-19-15/h1,3-5,7-9,11H,2,6,10,12H2;1-4,12H,5-11,16H2,(H,17,18,19). The summed E-state index contributed by atoms with van der Waals surface area (Å²) in [6.45, 7) is 5.86. The van der Waals surface area contributed by atoms with E-state index in [1.54, 1.807) is 17.5 Å². The fourth-order valence-corrected chi connectivity index (χ4v) is 6.20. The Labute approximate surface area is 231 Å². The van der Waals surface area contributed by atoms with Crippen LogP contribution >= 0.6 is 0 Å². The van der Waals surface area contributed by atoms with E-state index in [4.69, 9.17) is 5.73 Å². The molecule has 0 bridgehead atoms. The molecule has 0 radical (unpaired) electrons. The molecule has 0 spiro atoms. The summed E-state index contributed by atoms with van der Waals surface area (Å²) in [6, 6.07) is 21.8. The summed E-state index contributed by atoms with van der Waals surface area (Å²) in [4.78, 5) is 9.07. The van der Waals surface area contributed by atoms with Gasteiger partial charge in [-0.3, -0.25) is 10.00 Å². The maximum absolute atomic E-state index is 5.83. The van der Waals surface area contributed by atoms with E-state index in [-0.39, 0.29) is 0 Å². The van der Waals surface area contributed by atoms with Crippen molar-refractivity contribution in [3.8, 4) is 0 Å². The number of anilines is 1. The van der Waals surface area contributed by atoms with Crippen LogP contribution in [0.3, 0.4) is 0 Å². The van der Waals surface area contributed by atoms with Crippen molar-refractivity contribution in [2.45, 2.75) is 38.6 Å². The van der Waals surface area contributed by atoms with E-state index in [2.05, 4.69) is 97.8 Å². The van der Waals surface area contributed by atoms with Crippen molar-refractivity contribution in [2.75, 3.05) is 37.6 Å². The van der Waals surface area contributed by atoms with Crippen molar-refractivity contribution in [3.05, 3.63) is 107 Å². The smallest absolute Gasteiger partial charge is 0.151 e. The van der Waals surface area contributed by atoms with Crippen LogP contribution in [-0.2, 0) is 19.4 Å². The highest BCUT2D eigenvalue weighted by atomic mass is 15.3. The van der Waals surface area contributed by atoms with Gasteiger partial charge in [0.1, 0.15) is 6.33 Å². The largest absolute Gasteiger partial charge is 0.369 e. The minimum absolute atomic E-state index is 0.598. The fraction of sp³-hybridized carbons (Fsp3) is 0.333. The molecule has 1 saturated heterocycles. The number of fused-ring (bicyclic) bond motifs is 4. The van der Waals surface area contributed by atoms with E-state index < -0.39 is 0 Å². The molecule has 1 fully saturated rings. The zero-order valence-corrected chi connectivity index (χ0v) is 22.6. The molecule has 0 saturated carbocycles. The molecular formula is C33H38N6. The van der Waals surface area contributed by atoms with E-state index in [9.17, 15) is 0 Å². The van der Waals surface area contributed by atoms with Crippen LogP contribution in [0.5, 0.6) is 0 Å². The van der Waals surface area contributed by atoms with Crippen LogP contribution in [-0.4, -0.2) is 52.8 Å². The zero-order chi connectivity index (χ0) is 26.4. The first-order chi connectivity index (χ1) is 19.3. The predicted molar refractivity (Wildman–Crippen MR) is 161 cm³/mol. The van der Waals surface area contributed by atoms with Crippen LogP contribution in [0.15, 0.2) is 84.7 Å². The molecule has 3 aromatic carbocycles. The fourth-order valence-electron chi connectivity index (χ4n) is 6.20. The van der Waals surface area contributed by atoms with Gasteiger partial charge in [0.15, 0.2) is 5.82 Å². The lowest BCUT2D eigenvalue weighted by Gasteiger charge is -2.36. The lowest BCUT2D eigenvalue weighted by atomic mass is 9.80. The van der Waals surface area contributed by atoms with E-state index in [0.29, 0.717) is 6.54 Å². The van der Waals surface area contributed by atoms with Crippen LogP contribution < -0.4 is 10.6 Å². The summed E-state index contributed by atoms with van der Waals surface area (Å²) in [6.07, 6.45) is 12.2. The molecular weight excluding hydrogens is 480 g/mol. The van der Waals surface area contributed by atoms with Crippen LogP contribution in [0.2, 0.25) is 0 Å². The van der Waals surface area contributed by atoms with Crippen molar-refractivity contribution >= 4 is 22.0 Å². The molecule has 1 aromatic heterocycles. The van der Waals surface area contributed by atoms with E-state index in [1.165, 1.54) is 58.8 Å². The minimum atomic E-state index is 0.598. The number of nitrogens with zero attached hydrogens (tertiary/aromatic N) is 4. The third kappa shape index (κ3) is 5.68.